The van der Waals surface area contributed by atoms with Crippen LogP contribution in [0.15, 0.2) is 53.8 Å². The number of para-hydroxylation sites is 1. The zero-order valence-corrected chi connectivity index (χ0v) is 14.9. The quantitative estimate of drug-likeness (QED) is 0.706. The second-order valence-corrected chi connectivity index (χ2v) is 7.99. The van der Waals surface area contributed by atoms with E-state index in [1.807, 2.05) is 50.2 Å². The summed E-state index contributed by atoms with van der Waals surface area (Å²) < 4.78 is 5.99. The van der Waals surface area contributed by atoms with Gasteiger partial charge in [-0.25, -0.2) is 0 Å². The molecule has 4 heteroatoms. The van der Waals surface area contributed by atoms with Crippen molar-refractivity contribution in [1.29, 1.82) is 0 Å². The molecule has 1 aliphatic heterocycles. The van der Waals surface area contributed by atoms with E-state index < -0.39 is 0 Å². The molecular formula is C21H19ClO3. The third-order valence-corrected chi connectivity index (χ3v) is 5.15. The zero-order valence-electron chi connectivity index (χ0n) is 14.2. The van der Waals surface area contributed by atoms with Crippen molar-refractivity contribution < 1.29 is 14.6 Å². The summed E-state index contributed by atoms with van der Waals surface area (Å²) in [4.78, 5) is 12.9. The van der Waals surface area contributed by atoms with Crippen molar-refractivity contribution in [2.45, 2.75) is 32.6 Å². The average Bonchev–Trinajstić information content (AvgIpc) is 2.53. The Balaban J connectivity index is 1.96. The standard InChI is InChI=1S/C21H19ClO3/c1-21(2)10-15(23)20(16(24)11-21)19-13-5-3-4-6-17(13)25-18-8-7-12(22)9-14(18)19/h3-9,19,23H,10-11H2,1-2H3. The largest absolute Gasteiger partial charge is 0.512 e. The Labute approximate surface area is 151 Å². The SMILES string of the molecule is CC1(C)CC(=O)C(C2c3ccccc3Oc3ccc(Cl)cc32)=C(O)C1. The second-order valence-electron chi connectivity index (χ2n) is 7.56. The van der Waals surface area contributed by atoms with Gasteiger partial charge in [-0.05, 0) is 29.7 Å². The third-order valence-electron chi connectivity index (χ3n) is 4.92. The van der Waals surface area contributed by atoms with E-state index in [-0.39, 0.29) is 22.9 Å². The van der Waals surface area contributed by atoms with E-state index in [2.05, 4.69) is 0 Å². The molecule has 0 fully saturated rings. The van der Waals surface area contributed by atoms with Crippen molar-refractivity contribution in [3.63, 3.8) is 0 Å². The molecule has 128 valence electrons. The van der Waals surface area contributed by atoms with Crippen LogP contribution >= 0.6 is 11.6 Å². The fourth-order valence-corrected chi connectivity index (χ4v) is 4.06. The van der Waals surface area contributed by atoms with Crippen molar-refractivity contribution in [3.05, 3.63) is 69.9 Å². The van der Waals surface area contributed by atoms with Crippen molar-refractivity contribution >= 4 is 17.4 Å². The molecule has 0 aromatic heterocycles. The highest BCUT2D eigenvalue weighted by molar-refractivity contribution is 6.30. The highest BCUT2D eigenvalue weighted by atomic mass is 35.5. The number of hydrogen-bond donors (Lipinski definition) is 1. The Morgan fingerprint density at radius 3 is 2.56 bits per heavy atom. The molecule has 3 nitrogen and oxygen atoms in total. The molecule has 1 heterocycles. The molecule has 0 bridgehead atoms. The lowest BCUT2D eigenvalue weighted by Gasteiger charge is -2.35. The van der Waals surface area contributed by atoms with E-state index in [1.54, 1.807) is 6.07 Å². The summed E-state index contributed by atoms with van der Waals surface area (Å²) in [5, 5.41) is 11.3. The number of ether oxygens (including phenoxy) is 1. The van der Waals surface area contributed by atoms with Crippen LogP contribution in [0, 0.1) is 5.41 Å². The minimum Gasteiger partial charge on any atom is -0.512 e. The molecule has 1 aliphatic carbocycles. The molecule has 0 saturated carbocycles. The predicted molar refractivity (Wildman–Crippen MR) is 97.5 cm³/mol. The molecule has 25 heavy (non-hydrogen) atoms. The van der Waals surface area contributed by atoms with Gasteiger partial charge in [-0.3, -0.25) is 4.79 Å². The van der Waals surface area contributed by atoms with Gasteiger partial charge >= 0.3 is 0 Å². The molecule has 1 atom stereocenters. The van der Waals surface area contributed by atoms with Crippen LogP contribution in [0.1, 0.15) is 43.7 Å². The van der Waals surface area contributed by atoms with Crippen molar-refractivity contribution in [2.75, 3.05) is 0 Å². The topological polar surface area (TPSA) is 46.5 Å². The number of halogens is 1. The van der Waals surface area contributed by atoms with Crippen LogP contribution in [0.2, 0.25) is 5.02 Å². The van der Waals surface area contributed by atoms with Gasteiger partial charge in [0, 0.05) is 40.5 Å². The molecule has 1 N–H and O–H groups in total. The molecule has 2 aromatic carbocycles. The third kappa shape index (κ3) is 2.73. The van der Waals surface area contributed by atoms with Crippen LogP contribution < -0.4 is 4.74 Å². The molecule has 2 aliphatic rings. The molecule has 0 amide bonds. The Bertz CT molecular complexity index is 911. The second kappa shape index (κ2) is 5.63. The predicted octanol–water partition coefficient (Wildman–Crippen LogP) is 5.78. The molecule has 0 spiro atoms. The zero-order chi connectivity index (χ0) is 17.8. The fourth-order valence-electron chi connectivity index (χ4n) is 3.88. The Kier molecular flexibility index (Phi) is 3.66. The number of carbonyl (C=O) groups excluding carboxylic acids is 1. The van der Waals surface area contributed by atoms with Gasteiger partial charge in [0.15, 0.2) is 5.78 Å². The number of allylic oxidation sites excluding steroid dienone is 2. The van der Waals surface area contributed by atoms with Crippen LogP contribution in [-0.4, -0.2) is 10.9 Å². The normalized spacial score (nSPS) is 21.4. The maximum absolute atomic E-state index is 12.9. The Morgan fingerprint density at radius 2 is 1.80 bits per heavy atom. The van der Waals surface area contributed by atoms with Crippen LogP contribution in [0.4, 0.5) is 0 Å². The number of Topliss-reactive ketones (excluding diaryl/α,β-unsaturated/α-hetero) is 1. The van der Waals surface area contributed by atoms with Gasteiger partial charge in [0.2, 0.25) is 0 Å². The van der Waals surface area contributed by atoms with Crippen molar-refractivity contribution in [3.8, 4) is 11.5 Å². The number of aliphatic hydroxyl groups excluding tert-OH is 1. The number of rotatable bonds is 1. The minimum atomic E-state index is -0.359. The van der Waals surface area contributed by atoms with E-state index >= 15 is 0 Å². The maximum atomic E-state index is 12.9. The van der Waals surface area contributed by atoms with Crippen LogP contribution in [0.3, 0.4) is 0 Å². The molecular weight excluding hydrogens is 336 g/mol. The van der Waals surface area contributed by atoms with Gasteiger partial charge in [-0.1, -0.05) is 43.6 Å². The lowest BCUT2D eigenvalue weighted by atomic mass is 9.70. The lowest BCUT2D eigenvalue weighted by molar-refractivity contribution is -0.118. The fraction of sp³-hybridized carbons (Fsp3) is 0.286. The first kappa shape index (κ1) is 16.2. The Morgan fingerprint density at radius 1 is 1.08 bits per heavy atom. The molecule has 0 radical (unpaired) electrons. The lowest BCUT2D eigenvalue weighted by Crippen LogP contribution is -2.29. The average molecular weight is 355 g/mol. The van der Waals surface area contributed by atoms with Gasteiger partial charge in [-0.15, -0.1) is 0 Å². The number of carbonyl (C=O) groups is 1. The summed E-state index contributed by atoms with van der Waals surface area (Å²) in [5.74, 6) is 1.18. The van der Waals surface area contributed by atoms with E-state index in [4.69, 9.17) is 16.3 Å². The van der Waals surface area contributed by atoms with E-state index in [9.17, 15) is 9.90 Å². The van der Waals surface area contributed by atoms with E-state index in [1.165, 1.54) is 0 Å². The minimum absolute atomic E-state index is 0.0126. The summed E-state index contributed by atoms with van der Waals surface area (Å²) in [7, 11) is 0. The number of ketones is 1. The summed E-state index contributed by atoms with van der Waals surface area (Å²) in [6.07, 6.45) is 0.908. The van der Waals surface area contributed by atoms with E-state index in [0.717, 1.165) is 11.1 Å². The van der Waals surface area contributed by atoms with Crippen LogP contribution in [-0.2, 0) is 4.79 Å². The van der Waals surface area contributed by atoms with E-state index in [0.29, 0.717) is 34.9 Å². The van der Waals surface area contributed by atoms with Gasteiger partial charge in [-0.2, -0.15) is 0 Å². The first-order valence-corrected chi connectivity index (χ1v) is 8.75. The monoisotopic (exact) mass is 354 g/mol. The number of hydrogen-bond acceptors (Lipinski definition) is 3. The van der Waals surface area contributed by atoms with Crippen LogP contribution in [0.25, 0.3) is 0 Å². The van der Waals surface area contributed by atoms with Gasteiger partial charge < -0.3 is 9.84 Å². The Hall–Kier alpha value is -2.26. The number of fused-ring (bicyclic) bond motifs is 2. The molecule has 0 saturated heterocycles. The molecule has 1 unspecified atom stereocenters. The summed E-state index contributed by atoms with van der Waals surface area (Å²) in [5.41, 5.74) is 1.94. The number of benzene rings is 2. The van der Waals surface area contributed by atoms with Crippen molar-refractivity contribution in [2.24, 2.45) is 5.41 Å². The molecule has 4 rings (SSSR count). The first-order chi connectivity index (χ1) is 11.9. The first-order valence-electron chi connectivity index (χ1n) is 8.37. The summed E-state index contributed by atoms with van der Waals surface area (Å²) in [6.45, 7) is 4.00. The molecule has 2 aromatic rings. The maximum Gasteiger partial charge on any atom is 0.163 e. The smallest absolute Gasteiger partial charge is 0.163 e. The highest BCUT2D eigenvalue weighted by Gasteiger charge is 2.40. The highest BCUT2D eigenvalue weighted by Crippen LogP contribution is 2.51. The summed E-state index contributed by atoms with van der Waals surface area (Å²) >= 11 is 6.21. The van der Waals surface area contributed by atoms with Gasteiger partial charge in [0.05, 0.1) is 0 Å². The van der Waals surface area contributed by atoms with Gasteiger partial charge in [0.25, 0.3) is 0 Å². The van der Waals surface area contributed by atoms with Gasteiger partial charge in [0.1, 0.15) is 17.3 Å². The number of aliphatic hydroxyl groups is 1. The van der Waals surface area contributed by atoms with Crippen molar-refractivity contribution in [1.82, 2.24) is 0 Å². The van der Waals surface area contributed by atoms with Crippen LogP contribution in [0.5, 0.6) is 11.5 Å². The summed E-state index contributed by atoms with van der Waals surface area (Å²) in [6, 6.07) is 13.0.